The second-order valence-electron chi connectivity index (χ2n) is 9.20. The van der Waals surface area contributed by atoms with Crippen molar-refractivity contribution in [2.45, 2.75) is 58.5 Å². The van der Waals surface area contributed by atoms with Gasteiger partial charge in [-0.1, -0.05) is 13.8 Å². The van der Waals surface area contributed by atoms with Crippen LogP contribution in [0.3, 0.4) is 0 Å². The number of ether oxygens (including phenoxy) is 1. The third-order valence-corrected chi connectivity index (χ3v) is 6.45. The van der Waals surface area contributed by atoms with E-state index in [1.165, 1.54) is 11.3 Å². The average Bonchev–Trinajstić information content (AvgIpc) is 3.37. The predicted octanol–water partition coefficient (Wildman–Crippen LogP) is 1.55. The minimum Gasteiger partial charge on any atom is -0.379 e. The van der Waals surface area contributed by atoms with E-state index in [9.17, 15) is 4.79 Å². The molecule has 1 aromatic heterocycles. The van der Waals surface area contributed by atoms with Crippen molar-refractivity contribution in [1.29, 1.82) is 0 Å². The Morgan fingerprint density at radius 2 is 1.97 bits per heavy atom. The molecule has 0 spiro atoms. The Morgan fingerprint density at radius 1 is 1.21 bits per heavy atom. The third-order valence-electron chi connectivity index (χ3n) is 6.45. The first-order valence-corrected chi connectivity index (χ1v) is 11.5. The van der Waals surface area contributed by atoms with Crippen LogP contribution in [-0.2, 0) is 24.1 Å². The van der Waals surface area contributed by atoms with Gasteiger partial charge in [-0.3, -0.25) is 14.4 Å². The van der Waals surface area contributed by atoms with Crippen LogP contribution >= 0.6 is 0 Å². The van der Waals surface area contributed by atoms with E-state index in [-0.39, 0.29) is 5.91 Å². The van der Waals surface area contributed by atoms with Gasteiger partial charge in [0.2, 0.25) is 0 Å². The van der Waals surface area contributed by atoms with Crippen LogP contribution in [-0.4, -0.2) is 84.0 Å². The second kappa shape index (κ2) is 9.58. The van der Waals surface area contributed by atoms with E-state index in [0.29, 0.717) is 12.0 Å². The van der Waals surface area contributed by atoms with E-state index < -0.39 is 0 Å². The molecule has 0 saturated carbocycles. The molecule has 2 aliphatic heterocycles. The highest BCUT2D eigenvalue weighted by molar-refractivity contribution is 5.94. The summed E-state index contributed by atoms with van der Waals surface area (Å²) in [5.41, 5.74) is 3.23. The molecule has 0 bridgehead atoms. The zero-order chi connectivity index (χ0) is 20.2. The molecule has 4 rings (SSSR count). The largest absolute Gasteiger partial charge is 0.379 e. The number of morpholine rings is 1. The van der Waals surface area contributed by atoms with Crippen LogP contribution in [0.25, 0.3) is 0 Å². The van der Waals surface area contributed by atoms with Crippen LogP contribution in [0.1, 0.15) is 54.9 Å². The first kappa shape index (κ1) is 20.8. The standard InChI is InChI=1S/C22H37N5O2/c1-17(2)16-27-20-6-5-18(23-7-10-25-11-13-29-14-12-25)15-19(20)21(24-27)22(28)26-8-3-4-9-26/h17-18,23H,3-16H2,1-2H3/t18-/m1/s1. The topological polar surface area (TPSA) is 62.6 Å². The minimum absolute atomic E-state index is 0.148. The van der Waals surface area contributed by atoms with E-state index in [1.54, 1.807) is 0 Å². The van der Waals surface area contributed by atoms with Gasteiger partial charge >= 0.3 is 0 Å². The number of aromatic nitrogens is 2. The summed E-state index contributed by atoms with van der Waals surface area (Å²) in [5, 5.41) is 8.59. The van der Waals surface area contributed by atoms with Gasteiger partial charge in [-0.2, -0.15) is 5.10 Å². The summed E-state index contributed by atoms with van der Waals surface area (Å²) >= 11 is 0. The first-order chi connectivity index (χ1) is 14.1. The molecule has 3 aliphatic rings. The summed E-state index contributed by atoms with van der Waals surface area (Å²) < 4.78 is 7.57. The van der Waals surface area contributed by atoms with Gasteiger partial charge in [0.15, 0.2) is 5.69 Å². The SMILES string of the molecule is CC(C)Cn1nc(C(=O)N2CCCC2)c2c1CC[C@@H](NCCN1CCOCC1)C2. The van der Waals surface area contributed by atoms with Crippen molar-refractivity contribution in [2.24, 2.45) is 5.92 Å². The van der Waals surface area contributed by atoms with Gasteiger partial charge in [0.1, 0.15) is 0 Å². The molecular formula is C22H37N5O2. The monoisotopic (exact) mass is 403 g/mol. The molecule has 1 atom stereocenters. The Morgan fingerprint density at radius 3 is 2.69 bits per heavy atom. The highest BCUT2D eigenvalue weighted by Crippen LogP contribution is 2.27. The van der Waals surface area contributed by atoms with E-state index in [0.717, 1.165) is 96.8 Å². The van der Waals surface area contributed by atoms with Crippen molar-refractivity contribution in [3.8, 4) is 0 Å². The second-order valence-corrected chi connectivity index (χ2v) is 9.20. The van der Waals surface area contributed by atoms with Gasteiger partial charge < -0.3 is 15.0 Å². The normalized spacial score (nSPS) is 23.0. The molecule has 0 radical (unpaired) electrons. The number of amides is 1. The fourth-order valence-electron chi connectivity index (χ4n) is 4.85. The summed E-state index contributed by atoms with van der Waals surface area (Å²) in [6.45, 7) is 12.9. The molecule has 1 aliphatic carbocycles. The number of carbonyl (C=O) groups is 1. The number of hydrogen-bond acceptors (Lipinski definition) is 5. The van der Waals surface area contributed by atoms with Crippen molar-refractivity contribution in [3.05, 3.63) is 17.0 Å². The third kappa shape index (κ3) is 5.01. The zero-order valence-corrected chi connectivity index (χ0v) is 18.2. The number of carbonyl (C=O) groups excluding carboxylic acids is 1. The lowest BCUT2D eigenvalue weighted by molar-refractivity contribution is 0.0381. The zero-order valence-electron chi connectivity index (χ0n) is 18.2. The number of likely N-dealkylation sites (tertiary alicyclic amines) is 1. The summed E-state index contributed by atoms with van der Waals surface area (Å²) in [4.78, 5) is 17.6. The molecule has 0 aromatic carbocycles. The summed E-state index contributed by atoms with van der Waals surface area (Å²) in [6.07, 6.45) is 5.29. The van der Waals surface area contributed by atoms with Gasteiger partial charge in [-0.25, -0.2) is 0 Å². The number of hydrogen-bond donors (Lipinski definition) is 1. The molecule has 1 aromatic rings. The number of rotatable bonds is 7. The smallest absolute Gasteiger partial charge is 0.274 e. The molecule has 7 heteroatoms. The molecule has 2 saturated heterocycles. The van der Waals surface area contributed by atoms with E-state index in [1.807, 2.05) is 4.90 Å². The van der Waals surface area contributed by atoms with Crippen molar-refractivity contribution in [2.75, 3.05) is 52.5 Å². The lowest BCUT2D eigenvalue weighted by Gasteiger charge is -2.29. The molecule has 29 heavy (non-hydrogen) atoms. The van der Waals surface area contributed by atoms with E-state index >= 15 is 0 Å². The van der Waals surface area contributed by atoms with Crippen LogP contribution in [0.5, 0.6) is 0 Å². The van der Waals surface area contributed by atoms with Gasteiger partial charge in [-0.15, -0.1) is 0 Å². The molecule has 3 heterocycles. The minimum atomic E-state index is 0.148. The van der Waals surface area contributed by atoms with Gasteiger partial charge in [-0.05, 0) is 38.0 Å². The van der Waals surface area contributed by atoms with Crippen molar-refractivity contribution >= 4 is 5.91 Å². The Bertz CT molecular complexity index is 690. The summed E-state index contributed by atoms with van der Waals surface area (Å²) in [7, 11) is 0. The molecule has 162 valence electrons. The predicted molar refractivity (Wildman–Crippen MR) is 113 cm³/mol. The van der Waals surface area contributed by atoms with Crippen molar-refractivity contribution < 1.29 is 9.53 Å². The van der Waals surface area contributed by atoms with Crippen LogP contribution < -0.4 is 5.32 Å². The van der Waals surface area contributed by atoms with E-state index in [2.05, 4.69) is 28.7 Å². The summed E-state index contributed by atoms with van der Waals surface area (Å²) in [6, 6.07) is 0.436. The van der Waals surface area contributed by atoms with Crippen LogP contribution in [0.4, 0.5) is 0 Å². The Labute approximate surface area is 174 Å². The molecule has 7 nitrogen and oxygen atoms in total. The number of nitrogens with one attached hydrogen (secondary N) is 1. The number of nitrogens with zero attached hydrogens (tertiary/aromatic N) is 4. The van der Waals surface area contributed by atoms with Gasteiger partial charge in [0, 0.05) is 63.1 Å². The molecule has 1 amide bonds. The molecular weight excluding hydrogens is 366 g/mol. The molecule has 0 unspecified atom stereocenters. The Balaban J connectivity index is 1.43. The highest BCUT2D eigenvalue weighted by Gasteiger charge is 2.32. The maximum absolute atomic E-state index is 13.2. The highest BCUT2D eigenvalue weighted by atomic mass is 16.5. The lowest BCUT2D eigenvalue weighted by atomic mass is 9.91. The lowest BCUT2D eigenvalue weighted by Crippen LogP contribution is -2.43. The molecule has 2 fully saturated rings. The van der Waals surface area contributed by atoms with E-state index in [4.69, 9.17) is 9.84 Å². The van der Waals surface area contributed by atoms with Gasteiger partial charge in [0.05, 0.1) is 13.2 Å². The summed E-state index contributed by atoms with van der Waals surface area (Å²) in [5.74, 6) is 0.674. The maximum atomic E-state index is 13.2. The first-order valence-electron chi connectivity index (χ1n) is 11.5. The average molecular weight is 404 g/mol. The fourth-order valence-corrected chi connectivity index (χ4v) is 4.85. The Hall–Kier alpha value is -1.44. The van der Waals surface area contributed by atoms with Crippen LogP contribution in [0.2, 0.25) is 0 Å². The maximum Gasteiger partial charge on any atom is 0.274 e. The van der Waals surface area contributed by atoms with Crippen LogP contribution in [0.15, 0.2) is 0 Å². The molecule has 1 N–H and O–H groups in total. The van der Waals surface area contributed by atoms with Gasteiger partial charge in [0.25, 0.3) is 5.91 Å². The van der Waals surface area contributed by atoms with Crippen molar-refractivity contribution in [3.63, 3.8) is 0 Å². The number of fused-ring (bicyclic) bond motifs is 1. The quantitative estimate of drug-likeness (QED) is 0.749. The fraction of sp³-hybridized carbons (Fsp3) is 0.818. The van der Waals surface area contributed by atoms with Crippen LogP contribution in [0, 0.1) is 5.92 Å². The van der Waals surface area contributed by atoms with Crippen molar-refractivity contribution in [1.82, 2.24) is 24.9 Å². The Kier molecular flexibility index (Phi) is 6.88.